The maximum Gasteiger partial charge on any atom is 0.239 e. The van der Waals surface area contributed by atoms with Crippen LogP contribution in [0.25, 0.3) is 0 Å². The van der Waals surface area contributed by atoms with Crippen LogP contribution >= 0.6 is 0 Å². The molecule has 0 bridgehead atoms. The summed E-state index contributed by atoms with van der Waals surface area (Å²) in [6, 6.07) is 0.0114. The molecule has 5 heteroatoms. The Labute approximate surface area is 108 Å². The van der Waals surface area contributed by atoms with Crippen molar-refractivity contribution in [3.63, 3.8) is 0 Å². The summed E-state index contributed by atoms with van der Waals surface area (Å²) in [5.41, 5.74) is 0. The van der Waals surface area contributed by atoms with Crippen molar-refractivity contribution in [1.82, 2.24) is 15.1 Å². The normalized spacial score (nSPS) is 24.7. The number of nitrogens with one attached hydrogen (secondary N) is 1. The molecule has 0 aromatic carbocycles. The minimum atomic E-state index is 0.0114. The number of carbonyl (C=O) groups excluding carboxylic acids is 2. The van der Waals surface area contributed by atoms with Crippen molar-refractivity contribution >= 4 is 11.8 Å². The van der Waals surface area contributed by atoms with Crippen LogP contribution in [0.15, 0.2) is 0 Å². The molecule has 18 heavy (non-hydrogen) atoms. The van der Waals surface area contributed by atoms with Gasteiger partial charge >= 0.3 is 0 Å². The molecule has 5 nitrogen and oxygen atoms in total. The van der Waals surface area contributed by atoms with E-state index in [1.165, 1.54) is 0 Å². The van der Waals surface area contributed by atoms with Crippen molar-refractivity contribution in [3.05, 3.63) is 0 Å². The van der Waals surface area contributed by atoms with Crippen molar-refractivity contribution in [2.75, 3.05) is 32.7 Å². The van der Waals surface area contributed by atoms with Crippen molar-refractivity contribution in [3.8, 4) is 0 Å². The largest absolute Gasteiger partial charge is 0.339 e. The third kappa shape index (κ3) is 2.83. The molecule has 0 unspecified atom stereocenters. The van der Waals surface area contributed by atoms with Gasteiger partial charge in [0, 0.05) is 32.1 Å². The van der Waals surface area contributed by atoms with Gasteiger partial charge in [-0.3, -0.25) is 9.59 Å². The van der Waals surface area contributed by atoms with Gasteiger partial charge in [-0.1, -0.05) is 13.8 Å². The molecule has 2 rings (SSSR count). The molecular weight excluding hydrogens is 230 g/mol. The number of rotatable bonds is 2. The predicted octanol–water partition coefficient (Wildman–Crippen LogP) is 0.0652. The third-order valence-electron chi connectivity index (χ3n) is 3.76. The quantitative estimate of drug-likeness (QED) is 0.757. The molecule has 2 aliphatic heterocycles. The Bertz CT molecular complexity index is 316. The van der Waals surface area contributed by atoms with Crippen LogP contribution in [0.1, 0.15) is 26.7 Å². The summed E-state index contributed by atoms with van der Waals surface area (Å²) in [5.74, 6) is 0.453. The zero-order valence-electron chi connectivity index (χ0n) is 11.3. The zero-order chi connectivity index (χ0) is 13.1. The minimum absolute atomic E-state index is 0.0114. The highest BCUT2D eigenvalue weighted by molar-refractivity contribution is 5.83. The summed E-state index contributed by atoms with van der Waals surface area (Å²) >= 11 is 0. The lowest BCUT2D eigenvalue weighted by atomic mass is 10.1. The maximum atomic E-state index is 12.2. The number of piperazine rings is 1. The molecular formula is C13H23N3O2. The number of hydrogen-bond donors (Lipinski definition) is 1. The van der Waals surface area contributed by atoms with Crippen molar-refractivity contribution in [2.45, 2.75) is 32.7 Å². The summed E-state index contributed by atoms with van der Waals surface area (Å²) in [4.78, 5) is 27.8. The van der Waals surface area contributed by atoms with Gasteiger partial charge in [0.1, 0.15) is 0 Å². The van der Waals surface area contributed by atoms with Gasteiger partial charge in [0.2, 0.25) is 11.8 Å². The van der Waals surface area contributed by atoms with Crippen LogP contribution in [0.5, 0.6) is 0 Å². The zero-order valence-corrected chi connectivity index (χ0v) is 11.3. The average Bonchev–Trinajstić information content (AvgIpc) is 2.91. The summed E-state index contributed by atoms with van der Waals surface area (Å²) in [5, 5.41) is 3.23. The van der Waals surface area contributed by atoms with Gasteiger partial charge in [0.25, 0.3) is 0 Å². The topological polar surface area (TPSA) is 52.7 Å². The van der Waals surface area contributed by atoms with Gasteiger partial charge in [-0.05, 0) is 19.4 Å². The molecule has 0 spiro atoms. The van der Waals surface area contributed by atoms with Crippen LogP contribution in [-0.4, -0.2) is 60.4 Å². The van der Waals surface area contributed by atoms with Crippen LogP contribution < -0.4 is 5.32 Å². The van der Waals surface area contributed by atoms with E-state index in [0.29, 0.717) is 26.2 Å². The lowest BCUT2D eigenvalue weighted by Gasteiger charge is -2.36. The number of amides is 2. The molecule has 2 amide bonds. The highest BCUT2D eigenvalue weighted by atomic mass is 16.2. The smallest absolute Gasteiger partial charge is 0.239 e. The van der Waals surface area contributed by atoms with Crippen LogP contribution in [0.2, 0.25) is 0 Å². The Morgan fingerprint density at radius 3 is 2.22 bits per heavy atom. The summed E-state index contributed by atoms with van der Waals surface area (Å²) in [7, 11) is 0. The second-order valence-corrected chi connectivity index (χ2v) is 5.45. The Morgan fingerprint density at radius 1 is 1.11 bits per heavy atom. The molecule has 2 saturated heterocycles. The summed E-state index contributed by atoms with van der Waals surface area (Å²) in [6.07, 6.45) is 2.03. The van der Waals surface area contributed by atoms with Crippen molar-refractivity contribution < 1.29 is 9.59 Å². The van der Waals surface area contributed by atoms with Crippen LogP contribution in [0, 0.1) is 5.92 Å². The highest BCUT2D eigenvalue weighted by Crippen LogP contribution is 2.12. The van der Waals surface area contributed by atoms with Gasteiger partial charge in [-0.2, -0.15) is 0 Å². The fourth-order valence-corrected chi connectivity index (χ4v) is 2.63. The van der Waals surface area contributed by atoms with E-state index < -0.39 is 0 Å². The van der Waals surface area contributed by atoms with Crippen LogP contribution in [0.4, 0.5) is 0 Å². The molecule has 1 N–H and O–H groups in total. The molecule has 102 valence electrons. The number of nitrogens with zero attached hydrogens (tertiary/aromatic N) is 2. The van der Waals surface area contributed by atoms with Gasteiger partial charge in [-0.15, -0.1) is 0 Å². The van der Waals surface area contributed by atoms with E-state index in [9.17, 15) is 9.59 Å². The average molecular weight is 253 g/mol. The first-order valence-electron chi connectivity index (χ1n) is 6.90. The molecule has 0 saturated carbocycles. The van der Waals surface area contributed by atoms with Gasteiger partial charge < -0.3 is 15.1 Å². The molecule has 2 aliphatic rings. The van der Waals surface area contributed by atoms with E-state index >= 15 is 0 Å². The molecule has 1 atom stereocenters. The van der Waals surface area contributed by atoms with E-state index in [4.69, 9.17) is 0 Å². The first-order chi connectivity index (χ1) is 8.59. The number of carbonyl (C=O) groups is 2. The highest BCUT2D eigenvalue weighted by Gasteiger charge is 2.30. The second-order valence-electron chi connectivity index (χ2n) is 5.45. The Hall–Kier alpha value is -1.10. The predicted molar refractivity (Wildman–Crippen MR) is 69.0 cm³/mol. The fraction of sp³-hybridized carbons (Fsp3) is 0.846. The van der Waals surface area contributed by atoms with E-state index in [1.54, 1.807) is 0 Å². The third-order valence-corrected chi connectivity index (χ3v) is 3.76. The summed E-state index contributed by atoms with van der Waals surface area (Å²) in [6.45, 7) is 7.49. The molecule has 0 aliphatic carbocycles. The van der Waals surface area contributed by atoms with Crippen LogP contribution in [-0.2, 0) is 9.59 Å². The lowest BCUT2D eigenvalue weighted by molar-refractivity contribution is -0.142. The maximum absolute atomic E-state index is 12.2. The first-order valence-corrected chi connectivity index (χ1v) is 6.90. The van der Waals surface area contributed by atoms with Gasteiger partial charge in [-0.25, -0.2) is 0 Å². The first kappa shape index (κ1) is 13.3. The number of hydrogen-bond acceptors (Lipinski definition) is 3. The van der Waals surface area contributed by atoms with E-state index in [1.807, 2.05) is 23.6 Å². The van der Waals surface area contributed by atoms with Crippen molar-refractivity contribution in [1.29, 1.82) is 0 Å². The molecule has 0 aromatic heterocycles. The molecule has 2 heterocycles. The molecule has 0 aromatic rings. The van der Waals surface area contributed by atoms with Gasteiger partial charge in [0.15, 0.2) is 0 Å². The van der Waals surface area contributed by atoms with Crippen molar-refractivity contribution in [2.24, 2.45) is 5.92 Å². The monoisotopic (exact) mass is 253 g/mol. The van der Waals surface area contributed by atoms with E-state index in [2.05, 4.69) is 5.32 Å². The standard InChI is InChI=1S/C13H23N3O2/c1-10(2)12(17)15-6-8-16(9-7-15)13(18)11-4-3-5-14-11/h10-11,14H,3-9H2,1-2H3/t11-/m1/s1. The van der Waals surface area contributed by atoms with Gasteiger partial charge in [0.05, 0.1) is 6.04 Å². The Kier molecular flexibility index (Phi) is 4.22. The molecule has 0 radical (unpaired) electrons. The van der Waals surface area contributed by atoms with Crippen LogP contribution in [0.3, 0.4) is 0 Å². The second kappa shape index (κ2) is 5.69. The lowest BCUT2D eigenvalue weighted by Crippen LogP contribution is -2.54. The summed E-state index contributed by atoms with van der Waals surface area (Å²) < 4.78 is 0. The molecule has 2 fully saturated rings. The minimum Gasteiger partial charge on any atom is -0.339 e. The fourth-order valence-electron chi connectivity index (χ4n) is 2.63. The Morgan fingerprint density at radius 2 is 1.72 bits per heavy atom. The van der Waals surface area contributed by atoms with E-state index in [0.717, 1.165) is 19.4 Å². The Balaban J connectivity index is 1.82. The SMILES string of the molecule is CC(C)C(=O)N1CCN(C(=O)[C@H]2CCCN2)CC1. The van der Waals surface area contributed by atoms with E-state index in [-0.39, 0.29) is 23.8 Å².